The topological polar surface area (TPSA) is 96.0 Å². The van der Waals surface area contributed by atoms with Gasteiger partial charge in [0.1, 0.15) is 18.3 Å². The average Bonchev–Trinajstić information content (AvgIpc) is 2.92. The third kappa shape index (κ3) is 7.13. The van der Waals surface area contributed by atoms with Crippen LogP contribution in [0.1, 0.15) is 32.8 Å². The summed E-state index contributed by atoms with van der Waals surface area (Å²) in [7, 11) is -2.62. The van der Waals surface area contributed by atoms with Crippen LogP contribution < -0.4 is 14.4 Å². The molecule has 0 saturated heterocycles. The second kappa shape index (κ2) is 13.1. The fraction of sp³-hybridized carbons (Fsp3) is 0.310. The van der Waals surface area contributed by atoms with Crippen molar-refractivity contribution in [2.75, 3.05) is 18.0 Å². The Morgan fingerprint density at radius 3 is 2.00 bits per heavy atom. The van der Waals surface area contributed by atoms with Crippen LogP contribution in [-0.4, -0.2) is 50.9 Å². The number of methoxy groups -OCH3 is 1. The maximum absolute atomic E-state index is 13.9. The molecule has 9 heteroatoms. The Morgan fingerprint density at radius 2 is 1.47 bits per heavy atom. The van der Waals surface area contributed by atoms with Crippen molar-refractivity contribution in [3.05, 3.63) is 90.5 Å². The quantitative estimate of drug-likeness (QED) is 0.373. The molecule has 202 valence electrons. The van der Waals surface area contributed by atoms with Crippen molar-refractivity contribution < 1.29 is 22.7 Å². The molecule has 1 N–H and O–H groups in total. The monoisotopic (exact) mass is 537 g/mol. The number of amides is 2. The van der Waals surface area contributed by atoms with Gasteiger partial charge in [0.15, 0.2) is 0 Å². The van der Waals surface area contributed by atoms with Gasteiger partial charge in [-0.15, -0.1) is 0 Å². The van der Waals surface area contributed by atoms with Crippen LogP contribution in [0.5, 0.6) is 5.75 Å². The Bertz CT molecular complexity index is 1300. The Balaban J connectivity index is 2.02. The lowest BCUT2D eigenvalue weighted by Gasteiger charge is -2.33. The van der Waals surface area contributed by atoms with Crippen LogP contribution in [0, 0.1) is 0 Å². The molecule has 0 aromatic heterocycles. The van der Waals surface area contributed by atoms with Crippen molar-refractivity contribution in [1.82, 2.24) is 10.2 Å². The molecule has 0 fully saturated rings. The Labute approximate surface area is 225 Å². The van der Waals surface area contributed by atoms with Gasteiger partial charge in [-0.1, -0.05) is 55.5 Å². The van der Waals surface area contributed by atoms with Gasteiger partial charge in [-0.25, -0.2) is 8.42 Å². The molecule has 0 aliphatic heterocycles. The summed E-state index contributed by atoms with van der Waals surface area (Å²) >= 11 is 0. The lowest BCUT2D eigenvalue weighted by Crippen LogP contribution is -2.53. The highest BCUT2D eigenvalue weighted by Crippen LogP contribution is 2.26. The summed E-state index contributed by atoms with van der Waals surface area (Å²) in [6.45, 7) is 5.23. The van der Waals surface area contributed by atoms with Crippen LogP contribution in [0.4, 0.5) is 5.69 Å². The van der Waals surface area contributed by atoms with Gasteiger partial charge >= 0.3 is 0 Å². The fourth-order valence-electron chi connectivity index (χ4n) is 4.08. The van der Waals surface area contributed by atoms with Crippen LogP contribution in [0.3, 0.4) is 0 Å². The molecule has 3 rings (SSSR count). The molecule has 0 aliphatic rings. The molecule has 3 aromatic carbocycles. The standard InChI is InChI=1S/C29H35N3O5S/c1-5-27(29(34)30-22(2)3)31(20-23-12-8-6-9-13-23)28(33)21-32(24-14-10-7-11-15-24)38(35,36)26-18-16-25(37-4)17-19-26/h6-19,22,27H,5,20-21H2,1-4H3,(H,30,34). The van der Waals surface area contributed by atoms with E-state index in [1.165, 1.54) is 24.1 Å². The summed E-state index contributed by atoms with van der Waals surface area (Å²) in [5.41, 5.74) is 1.18. The van der Waals surface area contributed by atoms with E-state index in [9.17, 15) is 18.0 Å². The first-order valence-corrected chi connectivity index (χ1v) is 14.0. The van der Waals surface area contributed by atoms with E-state index < -0.39 is 28.5 Å². The van der Waals surface area contributed by atoms with Gasteiger partial charge in [-0.05, 0) is 62.2 Å². The Morgan fingerprint density at radius 1 is 0.895 bits per heavy atom. The highest BCUT2D eigenvalue weighted by Gasteiger charge is 2.33. The van der Waals surface area contributed by atoms with Gasteiger partial charge in [0.25, 0.3) is 10.0 Å². The number of carbonyl (C=O) groups is 2. The van der Waals surface area contributed by atoms with E-state index in [0.29, 0.717) is 17.9 Å². The Hall–Kier alpha value is -3.85. The van der Waals surface area contributed by atoms with E-state index in [0.717, 1.165) is 9.87 Å². The number of nitrogens with one attached hydrogen (secondary N) is 1. The molecule has 1 unspecified atom stereocenters. The maximum Gasteiger partial charge on any atom is 0.264 e. The molecule has 38 heavy (non-hydrogen) atoms. The molecule has 1 atom stereocenters. The number of ether oxygens (including phenoxy) is 1. The molecule has 0 saturated carbocycles. The first-order chi connectivity index (χ1) is 18.2. The smallest absolute Gasteiger partial charge is 0.264 e. The van der Waals surface area contributed by atoms with E-state index in [4.69, 9.17) is 4.74 Å². The predicted molar refractivity (Wildman–Crippen MR) is 148 cm³/mol. The fourth-order valence-corrected chi connectivity index (χ4v) is 5.49. The predicted octanol–water partition coefficient (Wildman–Crippen LogP) is 4.22. The van der Waals surface area contributed by atoms with Gasteiger partial charge in [0.05, 0.1) is 17.7 Å². The molecule has 0 bridgehead atoms. The van der Waals surface area contributed by atoms with Crippen LogP contribution in [0.25, 0.3) is 0 Å². The number of benzene rings is 3. The number of rotatable bonds is 12. The molecule has 0 aliphatic carbocycles. The number of sulfonamides is 1. The summed E-state index contributed by atoms with van der Waals surface area (Å²) in [6.07, 6.45) is 0.369. The first-order valence-electron chi connectivity index (χ1n) is 12.5. The van der Waals surface area contributed by atoms with E-state index in [1.807, 2.05) is 51.1 Å². The molecule has 0 spiro atoms. The van der Waals surface area contributed by atoms with Crippen molar-refractivity contribution in [1.29, 1.82) is 0 Å². The van der Waals surface area contributed by atoms with Crippen molar-refractivity contribution in [3.63, 3.8) is 0 Å². The van der Waals surface area contributed by atoms with E-state index >= 15 is 0 Å². The summed E-state index contributed by atoms with van der Waals surface area (Å²) < 4.78 is 33.9. The lowest BCUT2D eigenvalue weighted by molar-refractivity contribution is -0.140. The number of hydrogen-bond donors (Lipinski definition) is 1. The zero-order valence-electron chi connectivity index (χ0n) is 22.2. The van der Waals surface area contributed by atoms with Gasteiger partial charge in [0, 0.05) is 12.6 Å². The minimum absolute atomic E-state index is 0.0224. The zero-order chi connectivity index (χ0) is 27.7. The van der Waals surface area contributed by atoms with Gasteiger partial charge < -0.3 is 15.0 Å². The molecule has 0 radical (unpaired) electrons. The van der Waals surface area contributed by atoms with Gasteiger partial charge in [-0.3, -0.25) is 13.9 Å². The number of anilines is 1. The van der Waals surface area contributed by atoms with Gasteiger partial charge in [0.2, 0.25) is 11.8 Å². The summed E-state index contributed by atoms with van der Waals surface area (Å²) in [5, 5.41) is 2.89. The van der Waals surface area contributed by atoms with E-state index in [1.54, 1.807) is 42.5 Å². The maximum atomic E-state index is 13.9. The second-order valence-corrected chi connectivity index (χ2v) is 11.0. The van der Waals surface area contributed by atoms with Crippen LogP contribution in [0.2, 0.25) is 0 Å². The molecule has 0 heterocycles. The molecular formula is C29H35N3O5S. The number of carbonyl (C=O) groups excluding carboxylic acids is 2. The first kappa shape index (κ1) is 28.7. The van der Waals surface area contributed by atoms with E-state index in [2.05, 4.69) is 5.32 Å². The highest BCUT2D eigenvalue weighted by molar-refractivity contribution is 7.92. The average molecular weight is 538 g/mol. The summed E-state index contributed by atoms with van der Waals surface area (Å²) in [4.78, 5) is 28.5. The summed E-state index contributed by atoms with van der Waals surface area (Å²) in [5.74, 6) is -0.251. The Kier molecular flexibility index (Phi) is 9.90. The van der Waals surface area contributed by atoms with E-state index in [-0.39, 0.29) is 23.4 Å². The van der Waals surface area contributed by atoms with Crippen molar-refractivity contribution in [3.8, 4) is 5.75 Å². The number of hydrogen-bond acceptors (Lipinski definition) is 5. The molecule has 8 nitrogen and oxygen atoms in total. The second-order valence-electron chi connectivity index (χ2n) is 9.12. The lowest BCUT2D eigenvalue weighted by atomic mass is 10.1. The SMILES string of the molecule is CCC(C(=O)NC(C)C)N(Cc1ccccc1)C(=O)CN(c1ccccc1)S(=O)(=O)c1ccc(OC)cc1. The third-order valence-corrected chi connectivity index (χ3v) is 7.77. The number of para-hydroxylation sites is 1. The van der Waals surface area contributed by atoms with Crippen molar-refractivity contribution in [2.45, 2.75) is 50.7 Å². The van der Waals surface area contributed by atoms with Crippen molar-refractivity contribution >= 4 is 27.5 Å². The highest BCUT2D eigenvalue weighted by atomic mass is 32.2. The van der Waals surface area contributed by atoms with Crippen LogP contribution >= 0.6 is 0 Å². The van der Waals surface area contributed by atoms with Crippen LogP contribution in [-0.2, 0) is 26.2 Å². The third-order valence-electron chi connectivity index (χ3n) is 5.98. The minimum Gasteiger partial charge on any atom is -0.497 e. The normalized spacial score (nSPS) is 12.0. The number of nitrogens with zero attached hydrogens (tertiary/aromatic N) is 2. The van der Waals surface area contributed by atoms with Gasteiger partial charge in [-0.2, -0.15) is 0 Å². The largest absolute Gasteiger partial charge is 0.497 e. The molecule has 2 amide bonds. The zero-order valence-corrected chi connectivity index (χ0v) is 23.0. The molecule has 3 aromatic rings. The molecular weight excluding hydrogens is 502 g/mol. The van der Waals surface area contributed by atoms with Crippen molar-refractivity contribution in [2.24, 2.45) is 0 Å². The minimum atomic E-state index is -4.12. The summed E-state index contributed by atoms with van der Waals surface area (Å²) in [6, 6.07) is 22.9. The van der Waals surface area contributed by atoms with Crippen LogP contribution in [0.15, 0.2) is 89.8 Å².